The number of rotatable bonds is 9. The van der Waals surface area contributed by atoms with Crippen LogP contribution >= 0.6 is 0 Å². The molecule has 8 heteroatoms. The van der Waals surface area contributed by atoms with Crippen LogP contribution in [0.5, 0.6) is 0 Å². The van der Waals surface area contributed by atoms with Crippen LogP contribution < -0.4 is 0 Å². The smallest absolute Gasteiger partial charge is 0.241 e. The maximum Gasteiger partial charge on any atom is 0.241 e. The fraction of sp³-hybridized carbons (Fsp3) is 0.939. The fourth-order valence-electron chi connectivity index (χ4n) is 9.89. The van der Waals surface area contributed by atoms with E-state index < -0.39 is 33.3 Å². The second-order valence-corrected chi connectivity index (χ2v) is 36.5. The molecule has 4 rings (SSSR count). The van der Waals surface area contributed by atoms with Gasteiger partial charge in [-0.1, -0.05) is 13.8 Å². The lowest BCUT2D eigenvalue weighted by Gasteiger charge is -2.62. The summed E-state index contributed by atoms with van der Waals surface area (Å²) in [6.45, 7) is 35.8. The minimum atomic E-state index is -1.88. The fourth-order valence-corrected chi connectivity index (χ4v) is 14.8. The Hall–Kier alpha value is 0.288. The molecule has 0 aromatic carbocycles. The molecule has 3 unspecified atom stereocenters. The van der Waals surface area contributed by atoms with E-state index in [9.17, 15) is 0 Å². The van der Waals surface area contributed by atoms with E-state index in [1.165, 1.54) is 44.3 Å². The summed E-state index contributed by atoms with van der Waals surface area (Å²) in [4.78, 5) is 0. The van der Waals surface area contributed by atoms with Gasteiger partial charge >= 0.3 is 0 Å². The molecule has 238 valence electrons. The molecule has 41 heavy (non-hydrogen) atoms. The van der Waals surface area contributed by atoms with Crippen molar-refractivity contribution in [1.29, 1.82) is 0 Å². The molecule has 0 saturated heterocycles. The summed E-state index contributed by atoms with van der Waals surface area (Å²) < 4.78 is 28.4. The van der Waals surface area contributed by atoms with Gasteiger partial charge < -0.3 is 17.7 Å². The van der Waals surface area contributed by atoms with E-state index in [2.05, 4.69) is 105 Å². The molecule has 0 bridgehead atoms. The molecular weight excluding hydrogens is 573 g/mol. The average molecular weight is 639 g/mol. The Morgan fingerprint density at radius 3 is 1.93 bits per heavy atom. The SMILES string of the molecule is CC(O[Si](C)(C)C)[C@@]1(O[Si](C)(C)C)CC[C@H]2[C@@H]3CCC4CC(O[Si](C)(C)C)CC[C@]4(C)[C@H]3C(O[Si](C)(C)C)=C[C@@]21C. The summed E-state index contributed by atoms with van der Waals surface area (Å²) in [5, 5.41) is 0. The first kappa shape index (κ1) is 34.2. The van der Waals surface area contributed by atoms with Gasteiger partial charge in [-0.2, -0.15) is 0 Å². The van der Waals surface area contributed by atoms with Gasteiger partial charge in [0.25, 0.3) is 0 Å². The van der Waals surface area contributed by atoms with Crippen LogP contribution in [0.15, 0.2) is 11.8 Å². The lowest BCUT2D eigenvalue weighted by molar-refractivity contribution is -0.137. The van der Waals surface area contributed by atoms with Crippen molar-refractivity contribution in [2.24, 2.45) is 34.5 Å². The first-order chi connectivity index (χ1) is 18.4. The van der Waals surface area contributed by atoms with Crippen LogP contribution in [-0.2, 0) is 17.7 Å². The molecule has 0 heterocycles. The largest absolute Gasteiger partial charge is 0.547 e. The van der Waals surface area contributed by atoms with E-state index in [-0.39, 0.29) is 22.5 Å². The van der Waals surface area contributed by atoms with Crippen molar-refractivity contribution in [3.05, 3.63) is 11.8 Å². The van der Waals surface area contributed by atoms with Crippen LogP contribution in [0.3, 0.4) is 0 Å². The van der Waals surface area contributed by atoms with Crippen molar-refractivity contribution in [2.75, 3.05) is 0 Å². The molecule has 0 radical (unpaired) electrons. The van der Waals surface area contributed by atoms with E-state index >= 15 is 0 Å². The molecule has 9 atom stereocenters. The number of hydrogen-bond donors (Lipinski definition) is 0. The minimum Gasteiger partial charge on any atom is -0.547 e. The molecule has 3 saturated carbocycles. The van der Waals surface area contributed by atoms with Gasteiger partial charge in [0.15, 0.2) is 25.0 Å². The van der Waals surface area contributed by atoms with Gasteiger partial charge in [0.05, 0.1) is 17.5 Å². The molecule has 4 aliphatic rings. The molecule has 0 aromatic rings. The highest BCUT2D eigenvalue weighted by Gasteiger charge is 2.68. The van der Waals surface area contributed by atoms with Crippen LogP contribution in [0.2, 0.25) is 78.6 Å². The Balaban J connectivity index is 1.81. The van der Waals surface area contributed by atoms with Gasteiger partial charge in [0, 0.05) is 17.4 Å². The topological polar surface area (TPSA) is 36.9 Å². The molecule has 0 N–H and O–H groups in total. The Labute approximate surface area is 258 Å². The zero-order valence-electron chi connectivity index (χ0n) is 29.6. The lowest BCUT2D eigenvalue weighted by Crippen LogP contribution is -2.63. The average Bonchev–Trinajstić information content (AvgIpc) is 3.02. The number of hydrogen-bond acceptors (Lipinski definition) is 4. The highest BCUT2D eigenvalue weighted by molar-refractivity contribution is 6.71. The van der Waals surface area contributed by atoms with Crippen molar-refractivity contribution in [1.82, 2.24) is 0 Å². The van der Waals surface area contributed by atoms with Gasteiger partial charge in [-0.15, -0.1) is 0 Å². The zero-order chi connectivity index (χ0) is 31.0. The maximum absolute atomic E-state index is 7.45. The lowest BCUT2D eigenvalue weighted by atomic mass is 9.46. The van der Waals surface area contributed by atoms with Crippen LogP contribution in [-0.4, -0.2) is 51.1 Å². The number of fused-ring (bicyclic) bond motifs is 5. The highest BCUT2D eigenvalue weighted by Crippen LogP contribution is 2.69. The molecule has 4 aliphatic carbocycles. The van der Waals surface area contributed by atoms with E-state index in [1.54, 1.807) is 0 Å². The third-order valence-electron chi connectivity index (χ3n) is 10.9. The van der Waals surface area contributed by atoms with Crippen molar-refractivity contribution in [2.45, 2.75) is 162 Å². The predicted octanol–water partition coefficient (Wildman–Crippen LogP) is 10.0. The van der Waals surface area contributed by atoms with E-state index in [0.29, 0.717) is 23.9 Å². The molecular formula is C33H66O4Si4. The second-order valence-electron chi connectivity index (χ2n) is 18.7. The van der Waals surface area contributed by atoms with Crippen molar-refractivity contribution in [3.8, 4) is 0 Å². The Kier molecular flexibility index (Phi) is 9.14. The predicted molar refractivity (Wildman–Crippen MR) is 184 cm³/mol. The maximum atomic E-state index is 7.45. The monoisotopic (exact) mass is 638 g/mol. The van der Waals surface area contributed by atoms with Crippen LogP contribution in [0, 0.1) is 34.5 Å². The Morgan fingerprint density at radius 1 is 0.756 bits per heavy atom. The van der Waals surface area contributed by atoms with Crippen LogP contribution in [0.1, 0.15) is 65.7 Å². The minimum absolute atomic E-state index is 0.0675. The molecule has 0 aromatic heterocycles. The molecule has 3 fully saturated rings. The van der Waals surface area contributed by atoms with Crippen molar-refractivity contribution in [3.63, 3.8) is 0 Å². The summed E-state index contributed by atoms with van der Waals surface area (Å²) in [6, 6.07) is 0. The van der Waals surface area contributed by atoms with Crippen LogP contribution in [0.25, 0.3) is 0 Å². The summed E-state index contributed by atoms with van der Waals surface area (Å²) in [5.74, 6) is 3.82. The molecule has 0 spiro atoms. The van der Waals surface area contributed by atoms with E-state index in [4.69, 9.17) is 17.7 Å². The highest BCUT2D eigenvalue weighted by atomic mass is 28.4. The van der Waals surface area contributed by atoms with Crippen LogP contribution in [0.4, 0.5) is 0 Å². The summed E-state index contributed by atoms with van der Waals surface area (Å²) >= 11 is 0. The van der Waals surface area contributed by atoms with E-state index in [1.807, 2.05) is 0 Å². The normalized spacial score (nSPS) is 40.8. The van der Waals surface area contributed by atoms with Gasteiger partial charge in [-0.25, -0.2) is 0 Å². The van der Waals surface area contributed by atoms with Gasteiger partial charge in [-0.05, 0) is 160 Å². The third-order valence-corrected chi connectivity index (χ3v) is 14.8. The number of allylic oxidation sites excluding steroid dienone is 1. The van der Waals surface area contributed by atoms with Gasteiger partial charge in [0.1, 0.15) is 0 Å². The molecule has 0 aliphatic heterocycles. The summed E-state index contributed by atoms with van der Waals surface area (Å²) in [5.41, 5.74) is -0.119. The zero-order valence-corrected chi connectivity index (χ0v) is 33.6. The van der Waals surface area contributed by atoms with Gasteiger partial charge in [-0.3, -0.25) is 0 Å². The molecule has 4 nitrogen and oxygen atoms in total. The Bertz CT molecular complexity index is 989. The summed E-state index contributed by atoms with van der Waals surface area (Å²) in [6.07, 6.45) is 11.8. The standard InChI is InChI=1S/C33H66O4Si4/c1-24(34-38(4,5)6)33(37-41(13,14)15)21-19-28-27-17-16-25-22-26(35-39(7,8)9)18-20-31(25,2)30(27)29(23-32(28,33)3)36-40(10,11)12/h23-28,30H,16-22H2,1-15H3/t24?,25?,26?,27-,28-,30+,31-,32-,33-/m0/s1. The van der Waals surface area contributed by atoms with Gasteiger partial charge in [0.2, 0.25) is 8.32 Å². The summed E-state index contributed by atoms with van der Waals surface area (Å²) in [7, 11) is -7.02. The Morgan fingerprint density at radius 2 is 1.39 bits per heavy atom. The van der Waals surface area contributed by atoms with Crippen molar-refractivity contribution < 1.29 is 17.7 Å². The third kappa shape index (κ3) is 6.93. The molecule has 0 amide bonds. The first-order valence-electron chi connectivity index (χ1n) is 16.9. The first-order valence-corrected chi connectivity index (χ1v) is 30.5. The quantitative estimate of drug-likeness (QED) is 0.236. The second kappa shape index (κ2) is 11.0. The van der Waals surface area contributed by atoms with E-state index in [0.717, 1.165) is 12.3 Å². The van der Waals surface area contributed by atoms with Crippen molar-refractivity contribution >= 4 is 33.3 Å².